The minimum Gasteiger partial charge on any atom is -0.480 e. The summed E-state index contributed by atoms with van der Waals surface area (Å²) in [6.45, 7) is 2.86. The third kappa shape index (κ3) is 26.8. The third-order valence-electron chi connectivity index (χ3n) is 5.40. The van der Waals surface area contributed by atoms with Gasteiger partial charge in [0.15, 0.2) is 6.10 Å². The van der Waals surface area contributed by atoms with Crippen molar-refractivity contribution in [3.05, 3.63) is 0 Å². The highest BCUT2D eigenvalue weighted by molar-refractivity contribution is 5.73. The van der Waals surface area contributed by atoms with Crippen molar-refractivity contribution in [2.45, 2.75) is 135 Å². The van der Waals surface area contributed by atoms with Crippen LogP contribution in [-0.2, 0) is 9.59 Å². The van der Waals surface area contributed by atoms with Crippen LogP contribution in [0.25, 0.3) is 0 Å². The van der Waals surface area contributed by atoms with E-state index in [0.29, 0.717) is 19.4 Å². The predicted molar refractivity (Wildman–Crippen MR) is 127 cm³/mol. The largest absolute Gasteiger partial charge is 0.480 e. The number of aliphatic carboxylic acids is 2. The van der Waals surface area contributed by atoms with E-state index in [4.69, 9.17) is 26.8 Å². The number of carboxylic acid groups (broad SMARTS) is 2. The van der Waals surface area contributed by atoms with Crippen molar-refractivity contribution < 1.29 is 24.9 Å². The van der Waals surface area contributed by atoms with Crippen molar-refractivity contribution >= 4 is 11.9 Å². The Morgan fingerprint density at radius 1 is 0.645 bits per heavy atom. The second kappa shape index (κ2) is 25.1. The third-order valence-corrected chi connectivity index (χ3v) is 5.40. The molecule has 186 valence electrons. The molecule has 0 aliphatic heterocycles. The molecule has 31 heavy (non-hydrogen) atoms. The Morgan fingerprint density at radius 3 is 1.39 bits per heavy atom. The number of unbranched alkanes of at least 4 members (excludes halogenated alkanes) is 14. The first-order chi connectivity index (χ1) is 14.9. The molecule has 0 fully saturated rings. The Balaban J connectivity index is 0. The maximum Gasteiger partial charge on any atom is 0.332 e. The molecular formula is C24H50N2O5. The number of nitrogens with two attached hydrogens (primary N) is 2. The molecule has 0 amide bonds. The number of rotatable bonds is 21. The van der Waals surface area contributed by atoms with Crippen molar-refractivity contribution in [1.82, 2.24) is 0 Å². The molecule has 0 spiro atoms. The van der Waals surface area contributed by atoms with Crippen LogP contribution in [0.1, 0.15) is 122 Å². The van der Waals surface area contributed by atoms with E-state index in [-0.39, 0.29) is 0 Å². The number of aliphatic hydroxyl groups is 1. The maximum absolute atomic E-state index is 10.4. The molecule has 0 saturated carbocycles. The number of hydrogen-bond donors (Lipinski definition) is 5. The van der Waals surface area contributed by atoms with Gasteiger partial charge in [0.1, 0.15) is 6.04 Å². The standard InChI is InChI=1S/C18H36O3.C6H14N2O2/c1-2-3-4-5-6-7-8-9-10-11-12-13-14-15-16-17(19)18(20)21;7-4-2-1-3-5(8)6(9)10/h17,19H,2-16H2,1H3,(H,20,21);5H,1-4,7-8H2,(H,9,10). The minimum absolute atomic E-state index is 0.396. The fraction of sp³-hybridized carbons (Fsp3) is 0.917. The molecule has 0 rings (SSSR count). The topological polar surface area (TPSA) is 147 Å². The lowest BCUT2D eigenvalue weighted by Crippen LogP contribution is -2.29. The van der Waals surface area contributed by atoms with Gasteiger partial charge in [-0.05, 0) is 25.8 Å². The predicted octanol–water partition coefficient (Wildman–Crippen LogP) is 4.83. The zero-order valence-electron chi connectivity index (χ0n) is 19.9. The van der Waals surface area contributed by atoms with Crippen LogP contribution in [0.15, 0.2) is 0 Å². The Morgan fingerprint density at radius 2 is 1.03 bits per heavy atom. The van der Waals surface area contributed by atoms with Crippen molar-refractivity contribution in [1.29, 1.82) is 0 Å². The van der Waals surface area contributed by atoms with E-state index in [0.717, 1.165) is 25.7 Å². The van der Waals surface area contributed by atoms with Crippen LogP contribution in [0.4, 0.5) is 0 Å². The second-order valence-electron chi connectivity index (χ2n) is 8.47. The highest BCUT2D eigenvalue weighted by atomic mass is 16.4. The average molecular weight is 447 g/mol. The molecule has 0 aromatic carbocycles. The smallest absolute Gasteiger partial charge is 0.332 e. The molecule has 7 heteroatoms. The molecule has 0 radical (unpaired) electrons. The monoisotopic (exact) mass is 446 g/mol. The summed E-state index contributed by atoms with van der Waals surface area (Å²) in [6, 6.07) is -0.716. The fourth-order valence-electron chi connectivity index (χ4n) is 3.29. The minimum atomic E-state index is -1.16. The quantitative estimate of drug-likeness (QED) is 0.159. The lowest BCUT2D eigenvalue weighted by molar-refractivity contribution is -0.147. The first-order valence-electron chi connectivity index (χ1n) is 12.5. The molecule has 0 aliphatic rings. The van der Waals surface area contributed by atoms with E-state index in [2.05, 4.69) is 6.92 Å². The van der Waals surface area contributed by atoms with E-state index < -0.39 is 24.1 Å². The maximum atomic E-state index is 10.4. The molecule has 0 heterocycles. The van der Waals surface area contributed by atoms with E-state index in [1.807, 2.05) is 0 Å². The highest BCUT2D eigenvalue weighted by Crippen LogP contribution is 2.13. The van der Waals surface area contributed by atoms with Crippen LogP contribution in [0.2, 0.25) is 0 Å². The van der Waals surface area contributed by atoms with Gasteiger partial charge in [0, 0.05) is 0 Å². The summed E-state index contributed by atoms with van der Waals surface area (Å²) in [5.74, 6) is -2.03. The number of carboxylic acids is 2. The van der Waals surface area contributed by atoms with Gasteiger partial charge in [-0.1, -0.05) is 103 Å². The first-order valence-corrected chi connectivity index (χ1v) is 12.5. The van der Waals surface area contributed by atoms with Crippen LogP contribution in [-0.4, -0.2) is 45.9 Å². The van der Waals surface area contributed by atoms with Crippen LogP contribution in [0.3, 0.4) is 0 Å². The van der Waals surface area contributed by atoms with Crippen molar-refractivity contribution in [2.24, 2.45) is 11.5 Å². The van der Waals surface area contributed by atoms with Gasteiger partial charge in [0.25, 0.3) is 0 Å². The van der Waals surface area contributed by atoms with Gasteiger partial charge in [0.05, 0.1) is 0 Å². The number of hydrogen-bond acceptors (Lipinski definition) is 5. The summed E-state index contributed by atoms with van der Waals surface area (Å²) in [4.78, 5) is 20.6. The Kier molecular flexibility index (Phi) is 25.9. The Hall–Kier alpha value is -1.18. The summed E-state index contributed by atoms with van der Waals surface area (Å²) in [5, 5.41) is 26.0. The molecule has 0 aromatic heterocycles. The highest BCUT2D eigenvalue weighted by Gasteiger charge is 2.11. The summed E-state index contributed by atoms with van der Waals surface area (Å²) in [6.07, 6.45) is 19.4. The number of aliphatic hydroxyl groups excluding tert-OH is 1. The average Bonchev–Trinajstić information content (AvgIpc) is 2.74. The van der Waals surface area contributed by atoms with Gasteiger partial charge >= 0.3 is 11.9 Å². The zero-order chi connectivity index (χ0) is 23.7. The van der Waals surface area contributed by atoms with Crippen LogP contribution in [0, 0.1) is 0 Å². The summed E-state index contributed by atoms with van der Waals surface area (Å²) >= 11 is 0. The van der Waals surface area contributed by atoms with Crippen molar-refractivity contribution in [3.63, 3.8) is 0 Å². The summed E-state index contributed by atoms with van der Waals surface area (Å²) in [7, 11) is 0. The normalized spacial score (nSPS) is 12.6. The van der Waals surface area contributed by atoms with Gasteiger partial charge in [0.2, 0.25) is 0 Å². The molecule has 0 aliphatic carbocycles. The molecular weight excluding hydrogens is 396 g/mol. The van der Waals surface area contributed by atoms with E-state index in [1.54, 1.807) is 0 Å². The van der Waals surface area contributed by atoms with Gasteiger partial charge in [-0.3, -0.25) is 4.79 Å². The second-order valence-corrected chi connectivity index (χ2v) is 8.47. The Bertz CT molecular complexity index is 407. The van der Waals surface area contributed by atoms with E-state index in [9.17, 15) is 9.59 Å². The molecule has 0 aromatic rings. The molecule has 2 atom stereocenters. The summed E-state index contributed by atoms with van der Waals surface area (Å²) < 4.78 is 0. The molecule has 7 nitrogen and oxygen atoms in total. The fourth-order valence-corrected chi connectivity index (χ4v) is 3.29. The molecule has 7 N–H and O–H groups in total. The molecule has 2 unspecified atom stereocenters. The van der Waals surface area contributed by atoms with E-state index >= 15 is 0 Å². The lowest BCUT2D eigenvalue weighted by atomic mass is 10.0. The van der Waals surface area contributed by atoms with Crippen LogP contribution in [0.5, 0.6) is 0 Å². The van der Waals surface area contributed by atoms with Gasteiger partial charge in [-0.2, -0.15) is 0 Å². The molecule has 0 saturated heterocycles. The summed E-state index contributed by atoms with van der Waals surface area (Å²) in [5.41, 5.74) is 10.4. The van der Waals surface area contributed by atoms with E-state index in [1.165, 1.54) is 77.0 Å². The molecule has 0 bridgehead atoms. The van der Waals surface area contributed by atoms with Crippen molar-refractivity contribution in [2.75, 3.05) is 6.54 Å². The first kappa shape index (κ1) is 32.0. The zero-order valence-corrected chi connectivity index (χ0v) is 19.9. The van der Waals surface area contributed by atoms with Gasteiger partial charge in [-0.25, -0.2) is 4.79 Å². The number of carbonyl (C=O) groups is 2. The Labute approximate surface area is 190 Å². The van der Waals surface area contributed by atoms with Crippen LogP contribution < -0.4 is 11.5 Å². The van der Waals surface area contributed by atoms with Gasteiger partial charge < -0.3 is 26.8 Å². The SMILES string of the molecule is CCCCCCCCCCCCCCCCC(O)C(=O)O.NCCCCC(N)C(=O)O. The van der Waals surface area contributed by atoms with Crippen molar-refractivity contribution in [3.8, 4) is 0 Å². The lowest BCUT2D eigenvalue weighted by Gasteiger charge is -2.05. The van der Waals surface area contributed by atoms with Crippen LogP contribution >= 0.6 is 0 Å². The van der Waals surface area contributed by atoms with Gasteiger partial charge in [-0.15, -0.1) is 0 Å².